The van der Waals surface area contributed by atoms with Gasteiger partial charge in [-0.25, -0.2) is 4.79 Å². The summed E-state index contributed by atoms with van der Waals surface area (Å²) >= 11 is 0. The van der Waals surface area contributed by atoms with Gasteiger partial charge in [0.15, 0.2) is 11.5 Å². The molecule has 26 heavy (non-hydrogen) atoms. The fourth-order valence-electron chi connectivity index (χ4n) is 2.27. The molecule has 0 aliphatic heterocycles. The third kappa shape index (κ3) is 5.36. The number of nitrogens with one attached hydrogen (secondary N) is 2. The molecule has 3 N–H and O–H groups in total. The minimum atomic E-state index is -4.32. The maximum atomic E-state index is 11.9. The van der Waals surface area contributed by atoms with E-state index in [-0.39, 0.29) is 10.6 Å². The zero-order valence-corrected chi connectivity index (χ0v) is 15.2. The van der Waals surface area contributed by atoms with Crippen molar-refractivity contribution in [2.45, 2.75) is 11.3 Å². The predicted octanol–water partition coefficient (Wildman–Crippen LogP) is 2.31. The molecule has 9 heteroatoms. The number of benzene rings is 2. The van der Waals surface area contributed by atoms with Crippen molar-refractivity contribution in [1.29, 1.82) is 0 Å². The van der Waals surface area contributed by atoms with E-state index in [1.54, 1.807) is 20.3 Å². The molecule has 0 unspecified atom stereocenters. The Morgan fingerprint density at radius 2 is 1.81 bits per heavy atom. The minimum Gasteiger partial charge on any atom is -0.493 e. The van der Waals surface area contributed by atoms with Crippen LogP contribution in [0, 0.1) is 0 Å². The molecule has 0 saturated heterocycles. The summed E-state index contributed by atoms with van der Waals surface area (Å²) in [7, 11) is -1.21. The molecule has 2 amide bonds. The highest BCUT2D eigenvalue weighted by atomic mass is 32.2. The van der Waals surface area contributed by atoms with Crippen LogP contribution in [0.25, 0.3) is 0 Å². The molecule has 0 heterocycles. The van der Waals surface area contributed by atoms with Gasteiger partial charge in [-0.1, -0.05) is 12.1 Å². The average Bonchev–Trinajstić information content (AvgIpc) is 2.61. The Morgan fingerprint density at radius 3 is 2.46 bits per heavy atom. The number of carbonyl (C=O) groups excluding carboxylic acids is 1. The monoisotopic (exact) mass is 380 g/mol. The van der Waals surface area contributed by atoms with Gasteiger partial charge in [0.1, 0.15) is 0 Å². The van der Waals surface area contributed by atoms with E-state index in [0.29, 0.717) is 24.5 Å². The molecule has 140 valence electrons. The number of ether oxygens (including phenoxy) is 2. The zero-order valence-electron chi connectivity index (χ0n) is 14.4. The van der Waals surface area contributed by atoms with Crippen LogP contribution in [0.5, 0.6) is 11.5 Å². The highest BCUT2D eigenvalue weighted by Crippen LogP contribution is 2.27. The zero-order chi connectivity index (χ0) is 19.2. The van der Waals surface area contributed by atoms with E-state index in [9.17, 15) is 13.2 Å². The van der Waals surface area contributed by atoms with Crippen LogP contribution in [-0.2, 0) is 16.5 Å². The molecule has 2 aromatic carbocycles. The predicted molar refractivity (Wildman–Crippen MR) is 96.5 cm³/mol. The lowest BCUT2D eigenvalue weighted by Crippen LogP contribution is -2.30. The summed E-state index contributed by atoms with van der Waals surface area (Å²) in [5.41, 5.74) is 1.21. The summed E-state index contributed by atoms with van der Waals surface area (Å²) in [5, 5.41) is 5.18. The molecule has 0 fully saturated rings. The van der Waals surface area contributed by atoms with E-state index in [4.69, 9.17) is 14.0 Å². The Labute approximate surface area is 151 Å². The number of anilines is 1. The van der Waals surface area contributed by atoms with E-state index >= 15 is 0 Å². The average molecular weight is 380 g/mol. The van der Waals surface area contributed by atoms with Crippen molar-refractivity contribution in [2.24, 2.45) is 0 Å². The quantitative estimate of drug-likeness (QED) is 0.635. The molecule has 0 aromatic heterocycles. The van der Waals surface area contributed by atoms with Gasteiger partial charge in [-0.15, -0.1) is 0 Å². The standard InChI is InChI=1S/C17H20N2O6S/c1-24-15-7-6-12(10-16(15)25-2)8-9-18-17(20)19-13-4-3-5-14(11-13)26(21,22)23/h3-7,10-11H,8-9H2,1-2H3,(H2,18,19,20)(H,21,22,23). The summed E-state index contributed by atoms with van der Waals surface area (Å²) in [6.07, 6.45) is 0.568. The van der Waals surface area contributed by atoms with E-state index < -0.39 is 16.1 Å². The molecule has 2 aromatic rings. The molecule has 8 nitrogen and oxygen atoms in total. The number of hydrogen-bond donors (Lipinski definition) is 3. The topological polar surface area (TPSA) is 114 Å². The van der Waals surface area contributed by atoms with Crippen LogP contribution in [0.3, 0.4) is 0 Å². The summed E-state index contributed by atoms with van der Waals surface area (Å²) in [5.74, 6) is 1.23. The van der Waals surface area contributed by atoms with Gasteiger partial charge in [0.05, 0.1) is 19.1 Å². The molecule has 0 atom stereocenters. The third-order valence-corrected chi connectivity index (χ3v) is 4.39. The lowest BCUT2D eigenvalue weighted by Gasteiger charge is -2.11. The molecule has 2 rings (SSSR count). The molecule has 0 radical (unpaired) electrons. The first-order valence-electron chi connectivity index (χ1n) is 7.67. The maximum Gasteiger partial charge on any atom is 0.319 e. The van der Waals surface area contributed by atoms with E-state index in [0.717, 1.165) is 5.56 Å². The Hall–Kier alpha value is -2.78. The number of hydrogen-bond acceptors (Lipinski definition) is 5. The highest BCUT2D eigenvalue weighted by molar-refractivity contribution is 7.85. The summed E-state index contributed by atoms with van der Waals surface area (Å²) < 4.78 is 41.6. The molecule has 0 aliphatic rings. The van der Waals surface area contributed by atoms with Crippen LogP contribution < -0.4 is 20.1 Å². The fourth-order valence-corrected chi connectivity index (χ4v) is 2.79. The van der Waals surface area contributed by atoms with Gasteiger partial charge in [0.2, 0.25) is 0 Å². The Balaban J connectivity index is 1.90. The van der Waals surface area contributed by atoms with Crippen LogP contribution >= 0.6 is 0 Å². The van der Waals surface area contributed by atoms with E-state index in [1.807, 2.05) is 12.1 Å². The number of carbonyl (C=O) groups is 1. The number of amides is 2. The smallest absolute Gasteiger partial charge is 0.319 e. The van der Waals surface area contributed by atoms with Gasteiger partial charge in [-0.3, -0.25) is 4.55 Å². The Bertz CT molecular complexity index is 883. The second-order valence-corrected chi connectivity index (χ2v) is 6.74. The first kappa shape index (κ1) is 19.5. The summed E-state index contributed by atoms with van der Waals surface area (Å²) in [4.78, 5) is 11.6. The van der Waals surface area contributed by atoms with Crippen molar-refractivity contribution in [3.05, 3.63) is 48.0 Å². The molecule has 0 bridgehead atoms. The third-order valence-electron chi connectivity index (χ3n) is 3.54. The normalized spacial score (nSPS) is 10.9. The van der Waals surface area contributed by atoms with Crippen LogP contribution in [0.1, 0.15) is 5.56 Å². The van der Waals surface area contributed by atoms with Gasteiger partial charge < -0.3 is 20.1 Å². The maximum absolute atomic E-state index is 11.9. The number of urea groups is 1. The van der Waals surface area contributed by atoms with Gasteiger partial charge in [0, 0.05) is 12.2 Å². The van der Waals surface area contributed by atoms with Crippen molar-refractivity contribution < 1.29 is 27.2 Å². The summed E-state index contributed by atoms with van der Waals surface area (Å²) in [6, 6.07) is 10.3. The van der Waals surface area contributed by atoms with Gasteiger partial charge in [0.25, 0.3) is 10.1 Å². The number of methoxy groups -OCH3 is 2. The molecule has 0 aliphatic carbocycles. The number of rotatable bonds is 7. The van der Waals surface area contributed by atoms with Crippen molar-refractivity contribution in [2.75, 3.05) is 26.1 Å². The van der Waals surface area contributed by atoms with E-state index in [2.05, 4.69) is 10.6 Å². The van der Waals surface area contributed by atoms with Gasteiger partial charge in [-0.2, -0.15) is 8.42 Å². The van der Waals surface area contributed by atoms with E-state index in [1.165, 1.54) is 24.3 Å². The van der Waals surface area contributed by atoms with Crippen molar-refractivity contribution >= 4 is 21.8 Å². The molecular weight excluding hydrogens is 360 g/mol. The van der Waals surface area contributed by atoms with Gasteiger partial charge in [-0.05, 0) is 42.3 Å². The summed E-state index contributed by atoms with van der Waals surface area (Å²) in [6.45, 7) is 0.360. The van der Waals surface area contributed by atoms with Crippen LogP contribution in [-0.4, -0.2) is 39.8 Å². The molecule has 0 spiro atoms. The first-order chi connectivity index (χ1) is 12.3. The van der Waals surface area contributed by atoms with Crippen LogP contribution in [0.15, 0.2) is 47.4 Å². The van der Waals surface area contributed by atoms with Crippen molar-refractivity contribution in [1.82, 2.24) is 5.32 Å². The Morgan fingerprint density at radius 1 is 1.08 bits per heavy atom. The van der Waals surface area contributed by atoms with Crippen LogP contribution in [0.4, 0.5) is 10.5 Å². The fraction of sp³-hybridized carbons (Fsp3) is 0.235. The molecular formula is C17H20N2O6S. The Kier molecular flexibility index (Phi) is 6.42. The van der Waals surface area contributed by atoms with Gasteiger partial charge >= 0.3 is 6.03 Å². The molecule has 0 saturated carbocycles. The minimum absolute atomic E-state index is 0.253. The second kappa shape index (κ2) is 8.54. The SMILES string of the molecule is COc1ccc(CCNC(=O)Nc2cccc(S(=O)(=O)O)c2)cc1OC. The lowest BCUT2D eigenvalue weighted by molar-refractivity contribution is 0.252. The largest absolute Gasteiger partial charge is 0.493 e. The lowest BCUT2D eigenvalue weighted by atomic mass is 10.1. The highest BCUT2D eigenvalue weighted by Gasteiger charge is 2.11. The first-order valence-corrected chi connectivity index (χ1v) is 9.11. The second-order valence-electron chi connectivity index (χ2n) is 5.32. The van der Waals surface area contributed by atoms with Crippen LogP contribution in [0.2, 0.25) is 0 Å². The van der Waals surface area contributed by atoms with Crippen molar-refractivity contribution in [3.8, 4) is 11.5 Å². The van der Waals surface area contributed by atoms with Crippen molar-refractivity contribution in [3.63, 3.8) is 0 Å².